The fourth-order valence-electron chi connectivity index (χ4n) is 2.17. The minimum absolute atomic E-state index is 0.324. The molecule has 0 fully saturated rings. The van der Waals surface area contributed by atoms with Crippen molar-refractivity contribution in [3.8, 4) is 0 Å². The van der Waals surface area contributed by atoms with Crippen molar-refractivity contribution in [2.45, 2.75) is 52.9 Å². The van der Waals surface area contributed by atoms with Crippen LogP contribution in [-0.4, -0.2) is 12.6 Å². The van der Waals surface area contributed by atoms with Gasteiger partial charge in [-0.3, -0.25) is 0 Å². The van der Waals surface area contributed by atoms with Gasteiger partial charge in [-0.05, 0) is 37.8 Å². The van der Waals surface area contributed by atoms with E-state index in [9.17, 15) is 0 Å². The molecule has 2 rings (SSSR count). The van der Waals surface area contributed by atoms with E-state index in [-0.39, 0.29) is 0 Å². The molecule has 110 valence electrons. The molecule has 0 aliphatic carbocycles. The lowest BCUT2D eigenvalue weighted by Crippen LogP contribution is -2.14. The van der Waals surface area contributed by atoms with Gasteiger partial charge in [-0.1, -0.05) is 32.0 Å². The lowest BCUT2D eigenvalue weighted by Gasteiger charge is -2.12. The first kappa shape index (κ1) is 15.5. The lowest BCUT2D eigenvalue weighted by atomic mass is 10.1. The van der Waals surface area contributed by atoms with Crippen molar-refractivity contribution >= 4 is 21.4 Å². The number of fused-ring (bicyclic) bond motifs is 1. The van der Waals surface area contributed by atoms with E-state index in [0.717, 1.165) is 26.1 Å². The third-order valence-corrected chi connectivity index (χ3v) is 4.79. The van der Waals surface area contributed by atoms with E-state index >= 15 is 0 Å². The van der Waals surface area contributed by atoms with E-state index in [1.165, 1.54) is 26.9 Å². The van der Waals surface area contributed by atoms with Crippen molar-refractivity contribution in [3.05, 3.63) is 34.7 Å². The molecule has 0 aliphatic heterocycles. The summed E-state index contributed by atoms with van der Waals surface area (Å²) in [7, 11) is 0. The second kappa shape index (κ2) is 7.77. The third-order valence-electron chi connectivity index (χ3n) is 3.58. The molecule has 1 heterocycles. The maximum Gasteiger partial charge on any atom is 0.0737 e. The second-order valence-corrected chi connectivity index (χ2v) is 6.34. The van der Waals surface area contributed by atoms with Crippen LogP contribution in [0.1, 0.15) is 44.1 Å². The number of ether oxygens (including phenoxy) is 1. The molecule has 0 spiro atoms. The fourth-order valence-corrected chi connectivity index (χ4v) is 3.35. The highest BCUT2D eigenvalue weighted by molar-refractivity contribution is 7.19. The van der Waals surface area contributed by atoms with Crippen LogP contribution >= 0.6 is 11.3 Å². The van der Waals surface area contributed by atoms with Crippen LogP contribution in [0.15, 0.2) is 24.3 Å². The van der Waals surface area contributed by atoms with Gasteiger partial charge < -0.3 is 10.1 Å². The van der Waals surface area contributed by atoms with Crippen LogP contribution in [0.3, 0.4) is 0 Å². The molecule has 1 N–H and O–H groups in total. The Kier molecular flexibility index (Phi) is 6.02. The molecule has 2 aromatic rings. The first-order valence-corrected chi connectivity index (χ1v) is 8.39. The van der Waals surface area contributed by atoms with Gasteiger partial charge in [-0.25, -0.2) is 0 Å². The smallest absolute Gasteiger partial charge is 0.0737 e. The van der Waals surface area contributed by atoms with Crippen LogP contribution in [-0.2, 0) is 17.9 Å². The van der Waals surface area contributed by atoms with Crippen LogP contribution in [0.4, 0.5) is 0 Å². The quantitative estimate of drug-likeness (QED) is 0.711. The minimum Gasteiger partial charge on any atom is -0.374 e. The first-order valence-electron chi connectivity index (χ1n) is 7.57. The van der Waals surface area contributed by atoms with E-state index in [2.05, 4.69) is 50.4 Å². The van der Waals surface area contributed by atoms with E-state index in [1.807, 2.05) is 11.3 Å². The largest absolute Gasteiger partial charge is 0.374 e. The molecule has 1 atom stereocenters. The summed E-state index contributed by atoms with van der Waals surface area (Å²) >= 11 is 1.89. The first-order chi connectivity index (χ1) is 9.76. The summed E-state index contributed by atoms with van der Waals surface area (Å²) in [6, 6.07) is 8.65. The Labute approximate surface area is 126 Å². The van der Waals surface area contributed by atoms with Crippen molar-refractivity contribution in [2.75, 3.05) is 6.54 Å². The Hall–Kier alpha value is -0.900. The third kappa shape index (κ3) is 3.81. The zero-order chi connectivity index (χ0) is 14.4. The zero-order valence-corrected chi connectivity index (χ0v) is 13.6. The van der Waals surface area contributed by atoms with Crippen molar-refractivity contribution < 1.29 is 4.74 Å². The number of hydrogen-bond acceptors (Lipinski definition) is 3. The fraction of sp³-hybridized carbons (Fsp3) is 0.529. The predicted octanol–water partition coefficient (Wildman–Crippen LogP) is 4.72. The molecule has 0 amide bonds. The Bertz CT molecular complexity index is 535. The summed E-state index contributed by atoms with van der Waals surface area (Å²) in [4.78, 5) is 1.42. The number of hydrogen-bond donors (Lipinski definition) is 1. The maximum atomic E-state index is 5.97. The zero-order valence-electron chi connectivity index (χ0n) is 12.7. The van der Waals surface area contributed by atoms with Crippen molar-refractivity contribution in [1.82, 2.24) is 5.32 Å². The molecule has 0 saturated carbocycles. The number of nitrogens with one attached hydrogen (secondary N) is 1. The van der Waals surface area contributed by atoms with E-state index in [1.54, 1.807) is 0 Å². The molecule has 0 saturated heterocycles. The average molecular weight is 291 g/mol. The number of benzene rings is 1. The van der Waals surface area contributed by atoms with Crippen LogP contribution < -0.4 is 5.32 Å². The van der Waals surface area contributed by atoms with Crippen LogP contribution in [0.2, 0.25) is 0 Å². The van der Waals surface area contributed by atoms with Gasteiger partial charge in [-0.15, -0.1) is 11.3 Å². The molecule has 1 unspecified atom stereocenters. The topological polar surface area (TPSA) is 21.3 Å². The van der Waals surface area contributed by atoms with Gasteiger partial charge in [0.2, 0.25) is 0 Å². The summed E-state index contributed by atoms with van der Waals surface area (Å²) in [5.74, 6) is 0. The molecule has 2 nitrogen and oxygen atoms in total. The Morgan fingerprint density at radius 1 is 1.25 bits per heavy atom. The molecule has 1 aromatic heterocycles. The highest BCUT2D eigenvalue weighted by Crippen LogP contribution is 2.32. The van der Waals surface area contributed by atoms with Gasteiger partial charge in [0.05, 0.1) is 12.7 Å². The predicted molar refractivity (Wildman–Crippen MR) is 88.4 cm³/mol. The van der Waals surface area contributed by atoms with Gasteiger partial charge in [0.1, 0.15) is 0 Å². The number of thiophene rings is 1. The summed E-state index contributed by atoms with van der Waals surface area (Å²) in [5, 5.41) is 4.86. The molecule has 1 aromatic carbocycles. The maximum absolute atomic E-state index is 5.97. The molecular weight excluding hydrogens is 266 g/mol. The molecular formula is C17H25NOS. The van der Waals surface area contributed by atoms with Crippen molar-refractivity contribution in [2.24, 2.45) is 0 Å². The Morgan fingerprint density at radius 3 is 2.80 bits per heavy atom. The average Bonchev–Trinajstić information content (AvgIpc) is 2.82. The van der Waals surface area contributed by atoms with Crippen LogP contribution in [0, 0.1) is 0 Å². The highest BCUT2D eigenvalue weighted by Gasteiger charge is 2.12. The Balaban J connectivity index is 2.20. The monoisotopic (exact) mass is 291 g/mol. The lowest BCUT2D eigenvalue weighted by molar-refractivity contribution is 0.0513. The standard InChI is InChI=1S/C17H25NOS/c1-4-10-18-11-17-15(12-19-13(3)5-2)14-8-6-7-9-16(14)20-17/h6-9,13,18H,4-5,10-12H2,1-3H3. The Morgan fingerprint density at radius 2 is 2.05 bits per heavy atom. The van der Waals surface area contributed by atoms with E-state index < -0.39 is 0 Å². The minimum atomic E-state index is 0.324. The molecule has 0 radical (unpaired) electrons. The molecule has 20 heavy (non-hydrogen) atoms. The molecule has 0 bridgehead atoms. The van der Waals surface area contributed by atoms with Crippen molar-refractivity contribution in [1.29, 1.82) is 0 Å². The normalized spacial score (nSPS) is 12.9. The van der Waals surface area contributed by atoms with Gasteiger partial charge in [0.15, 0.2) is 0 Å². The summed E-state index contributed by atoms with van der Waals surface area (Å²) in [6.07, 6.45) is 2.56. The van der Waals surface area contributed by atoms with E-state index in [0.29, 0.717) is 6.10 Å². The summed E-state index contributed by atoms with van der Waals surface area (Å²) in [6.45, 7) is 9.25. The second-order valence-electron chi connectivity index (χ2n) is 5.21. The molecule has 0 aliphatic rings. The van der Waals surface area contributed by atoms with Crippen LogP contribution in [0.5, 0.6) is 0 Å². The van der Waals surface area contributed by atoms with Gasteiger partial charge in [0.25, 0.3) is 0 Å². The van der Waals surface area contributed by atoms with Gasteiger partial charge in [-0.2, -0.15) is 0 Å². The van der Waals surface area contributed by atoms with Crippen LogP contribution in [0.25, 0.3) is 10.1 Å². The van der Waals surface area contributed by atoms with Gasteiger partial charge >= 0.3 is 0 Å². The van der Waals surface area contributed by atoms with Crippen molar-refractivity contribution in [3.63, 3.8) is 0 Å². The van der Waals surface area contributed by atoms with E-state index in [4.69, 9.17) is 4.74 Å². The molecule has 3 heteroatoms. The summed E-state index contributed by atoms with van der Waals surface area (Å²) < 4.78 is 7.33. The highest BCUT2D eigenvalue weighted by atomic mass is 32.1. The van der Waals surface area contributed by atoms with Gasteiger partial charge in [0, 0.05) is 21.7 Å². The SMILES string of the molecule is CCCNCc1sc2ccccc2c1COC(C)CC. The summed E-state index contributed by atoms with van der Waals surface area (Å²) in [5.41, 5.74) is 1.37. The number of rotatable bonds is 8.